The summed E-state index contributed by atoms with van der Waals surface area (Å²) in [6.45, 7) is 3.54. The van der Waals surface area contributed by atoms with Crippen molar-refractivity contribution in [2.24, 2.45) is 5.41 Å². The number of carbonyl (C=O) groups is 1. The number of carbonyl (C=O) groups excluding carboxylic acids is 1. The third-order valence-corrected chi connectivity index (χ3v) is 7.33. The summed E-state index contributed by atoms with van der Waals surface area (Å²) in [6.07, 6.45) is 0. The molecule has 6 nitrogen and oxygen atoms in total. The predicted octanol–water partition coefficient (Wildman–Crippen LogP) is 3.02. The molecule has 2 aromatic rings. The molecule has 28 heavy (non-hydrogen) atoms. The molecule has 3 rings (SSSR count). The van der Waals surface area contributed by atoms with Gasteiger partial charge in [0, 0.05) is 5.92 Å². The Hall–Kier alpha value is -2.85. The van der Waals surface area contributed by atoms with Gasteiger partial charge < -0.3 is 9.47 Å². The number of esters is 1. The Bertz CT molecular complexity index is 1020. The van der Waals surface area contributed by atoms with Gasteiger partial charge in [-0.1, -0.05) is 29.8 Å². The summed E-state index contributed by atoms with van der Waals surface area (Å²) in [4.78, 5) is 12.8. The van der Waals surface area contributed by atoms with Crippen LogP contribution in [0, 0.1) is 23.7 Å². The van der Waals surface area contributed by atoms with Crippen molar-refractivity contribution in [1.29, 1.82) is 5.26 Å². The van der Waals surface area contributed by atoms with E-state index < -0.39 is 32.4 Å². The van der Waals surface area contributed by atoms with Crippen molar-refractivity contribution in [2.45, 2.75) is 29.9 Å². The zero-order valence-corrected chi connectivity index (χ0v) is 16.7. The van der Waals surface area contributed by atoms with Crippen molar-refractivity contribution < 1.29 is 22.7 Å². The van der Waals surface area contributed by atoms with Crippen LogP contribution in [0.5, 0.6) is 5.75 Å². The maximum Gasteiger partial charge on any atom is 0.328 e. The summed E-state index contributed by atoms with van der Waals surface area (Å²) in [5, 5.41) is 8.66. The molecule has 1 fully saturated rings. The quantitative estimate of drug-likeness (QED) is 0.693. The first-order valence-electron chi connectivity index (χ1n) is 8.86. The SMILES string of the molecule is CCOC(=O)[C@@]1(C#N)[C@H](c2ccc(OC)cc2)[C@@H]1S(=O)(=O)c1ccc(C)cc1. The van der Waals surface area contributed by atoms with Crippen molar-refractivity contribution in [3.8, 4) is 11.8 Å². The van der Waals surface area contributed by atoms with Crippen molar-refractivity contribution in [3.05, 3.63) is 59.7 Å². The fourth-order valence-corrected chi connectivity index (χ4v) is 5.82. The van der Waals surface area contributed by atoms with Gasteiger partial charge in [-0.2, -0.15) is 5.26 Å². The number of nitriles is 1. The lowest BCUT2D eigenvalue weighted by atomic mass is 10.0. The average Bonchev–Trinajstić information content (AvgIpc) is 3.40. The van der Waals surface area contributed by atoms with Crippen LogP contribution in [0.3, 0.4) is 0 Å². The van der Waals surface area contributed by atoms with E-state index in [1.54, 1.807) is 43.3 Å². The third kappa shape index (κ3) is 3.04. The lowest BCUT2D eigenvalue weighted by molar-refractivity contribution is -0.147. The Morgan fingerprint density at radius 1 is 1.14 bits per heavy atom. The molecule has 0 amide bonds. The summed E-state index contributed by atoms with van der Waals surface area (Å²) in [6, 6.07) is 15.1. The number of aryl methyl sites for hydroxylation is 1. The van der Waals surface area contributed by atoms with E-state index in [1.807, 2.05) is 13.0 Å². The molecule has 146 valence electrons. The van der Waals surface area contributed by atoms with Crippen LogP contribution in [0.4, 0.5) is 0 Å². The maximum absolute atomic E-state index is 13.3. The van der Waals surface area contributed by atoms with Gasteiger partial charge in [0.25, 0.3) is 0 Å². The minimum atomic E-state index is -3.93. The Labute approximate surface area is 164 Å². The molecule has 0 N–H and O–H groups in total. The van der Waals surface area contributed by atoms with Crippen molar-refractivity contribution >= 4 is 15.8 Å². The molecule has 0 spiro atoms. The van der Waals surface area contributed by atoms with Crippen LogP contribution in [0.15, 0.2) is 53.4 Å². The number of benzene rings is 2. The number of hydrogen-bond acceptors (Lipinski definition) is 6. The van der Waals surface area contributed by atoms with E-state index >= 15 is 0 Å². The van der Waals surface area contributed by atoms with Gasteiger partial charge in [0.2, 0.25) is 0 Å². The van der Waals surface area contributed by atoms with Gasteiger partial charge in [0.15, 0.2) is 15.3 Å². The van der Waals surface area contributed by atoms with Gasteiger partial charge in [0.1, 0.15) is 11.0 Å². The second-order valence-electron chi connectivity index (χ2n) is 6.73. The molecule has 1 saturated carbocycles. The Balaban J connectivity index is 2.11. The summed E-state index contributed by atoms with van der Waals surface area (Å²) >= 11 is 0. The van der Waals surface area contributed by atoms with Crippen molar-refractivity contribution in [2.75, 3.05) is 13.7 Å². The van der Waals surface area contributed by atoms with Gasteiger partial charge >= 0.3 is 5.97 Å². The average molecular weight is 399 g/mol. The van der Waals surface area contributed by atoms with Crippen LogP contribution in [-0.4, -0.2) is 33.4 Å². The second-order valence-corrected chi connectivity index (χ2v) is 8.80. The molecule has 0 aliphatic heterocycles. The number of rotatable bonds is 6. The molecule has 0 heterocycles. The summed E-state index contributed by atoms with van der Waals surface area (Å²) in [7, 11) is -2.41. The van der Waals surface area contributed by atoms with Gasteiger partial charge in [-0.05, 0) is 43.7 Å². The lowest BCUT2D eigenvalue weighted by Gasteiger charge is -2.09. The predicted molar refractivity (Wildman–Crippen MR) is 103 cm³/mol. The molecule has 0 radical (unpaired) electrons. The highest BCUT2D eigenvalue weighted by Crippen LogP contribution is 2.64. The highest BCUT2D eigenvalue weighted by atomic mass is 32.2. The zero-order valence-electron chi connectivity index (χ0n) is 15.9. The normalized spacial score (nSPS) is 23.5. The molecule has 3 atom stereocenters. The largest absolute Gasteiger partial charge is 0.497 e. The molecule has 0 aromatic heterocycles. The van der Waals surface area contributed by atoms with Crippen LogP contribution in [0.25, 0.3) is 0 Å². The molecule has 0 unspecified atom stereocenters. The van der Waals surface area contributed by atoms with Crippen molar-refractivity contribution in [3.63, 3.8) is 0 Å². The first-order chi connectivity index (χ1) is 13.3. The Morgan fingerprint density at radius 3 is 2.25 bits per heavy atom. The zero-order chi connectivity index (χ0) is 20.5. The minimum Gasteiger partial charge on any atom is -0.497 e. The van der Waals surface area contributed by atoms with Crippen LogP contribution in [0.1, 0.15) is 24.0 Å². The molecular formula is C21H21NO5S. The highest BCUT2D eigenvalue weighted by Gasteiger charge is 2.77. The molecule has 2 aromatic carbocycles. The van der Waals surface area contributed by atoms with E-state index in [4.69, 9.17) is 9.47 Å². The van der Waals surface area contributed by atoms with Gasteiger partial charge in [-0.15, -0.1) is 0 Å². The topological polar surface area (TPSA) is 93.5 Å². The van der Waals surface area contributed by atoms with Crippen molar-refractivity contribution in [1.82, 2.24) is 0 Å². The molecule has 1 aliphatic carbocycles. The van der Waals surface area contributed by atoms with E-state index in [2.05, 4.69) is 0 Å². The highest BCUT2D eigenvalue weighted by molar-refractivity contribution is 7.92. The van der Waals surface area contributed by atoms with Gasteiger partial charge in [0.05, 0.1) is 24.7 Å². The number of hydrogen-bond donors (Lipinski definition) is 0. The summed E-state index contributed by atoms with van der Waals surface area (Å²) in [5.41, 5.74) is -0.275. The smallest absolute Gasteiger partial charge is 0.328 e. The molecular weight excluding hydrogens is 378 g/mol. The maximum atomic E-state index is 13.3. The molecule has 0 saturated heterocycles. The summed E-state index contributed by atoms with van der Waals surface area (Å²) in [5.74, 6) is -1.02. The third-order valence-electron chi connectivity index (χ3n) is 5.09. The monoisotopic (exact) mass is 399 g/mol. The fraction of sp³-hybridized carbons (Fsp3) is 0.333. The fourth-order valence-electron chi connectivity index (χ4n) is 3.58. The molecule has 1 aliphatic rings. The number of sulfone groups is 1. The van der Waals surface area contributed by atoms with Crippen LogP contribution >= 0.6 is 0 Å². The van der Waals surface area contributed by atoms with Crippen LogP contribution in [-0.2, 0) is 19.4 Å². The second kappa shape index (κ2) is 7.28. The standard InChI is InChI=1S/C21H21NO5S/c1-4-27-20(23)21(13-22)18(15-7-9-16(26-3)10-8-15)19(21)28(24,25)17-11-5-14(2)6-12-17/h5-12,18-19H,4H2,1-3H3/t18-,19+,21+/m1/s1. The number of methoxy groups -OCH3 is 1. The Morgan fingerprint density at radius 2 is 1.75 bits per heavy atom. The van der Waals surface area contributed by atoms with Crippen LogP contribution in [0.2, 0.25) is 0 Å². The van der Waals surface area contributed by atoms with Gasteiger partial charge in [-0.25, -0.2) is 8.42 Å². The number of nitrogens with zero attached hydrogens (tertiary/aromatic N) is 1. The number of ether oxygens (including phenoxy) is 2. The summed E-state index contributed by atoms with van der Waals surface area (Å²) < 4.78 is 36.8. The Kier molecular flexibility index (Phi) is 5.18. The van der Waals surface area contributed by atoms with Gasteiger partial charge in [-0.3, -0.25) is 4.79 Å². The van der Waals surface area contributed by atoms with E-state index in [1.165, 1.54) is 19.2 Å². The first-order valence-corrected chi connectivity index (χ1v) is 10.4. The minimum absolute atomic E-state index is 0.0644. The molecule has 0 bridgehead atoms. The lowest BCUT2D eigenvalue weighted by Crippen LogP contribution is -2.25. The molecule has 7 heteroatoms. The van der Waals surface area contributed by atoms with E-state index in [-0.39, 0.29) is 11.5 Å². The van der Waals surface area contributed by atoms with E-state index in [0.717, 1.165) is 5.56 Å². The van der Waals surface area contributed by atoms with E-state index in [9.17, 15) is 18.5 Å². The van der Waals surface area contributed by atoms with Crippen LogP contribution < -0.4 is 4.74 Å². The first kappa shape index (κ1) is 19.9. The van der Waals surface area contributed by atoms with E-state index in [0.29, 0.717) is 11.3 Å².